The zero-order valence-electron chi connectivity index (χ0n) is 8.08. The number of hydrogen-bond acceptors (Lipinski definition) is 6. The lowest BCUT2D eigenvalue weighted by atomic mass is 10.3. The van der Waals surface area contributed by atoms with E-state index in [0.717, 1.165) is 11.3 Å². The first-order valence-electron chi connectivity index (χ1n) is 4.37. The van der Waals surface area contributed by atoms with Crippen molar-refractivity contribution < 1.29 is 22.7 Å². The molecule has 6 nitrogen and oxygen atoms in total. The highest BCUT2D eigenvalue weighted by molar-refractivity contribution is 7.91. The van der Waals surface area contributed by atoms with Gasteiger partial charge in [-0.1, -0.05) is 0 Å². The summed E-state index contributed by atoms with van der Waals surface area (Å²) in [6.45, 7) is 0.774. The number of sulfonamides is 1. The molecule has 16 heavy (non-hydrogen) atoms. The highest BCUT2D eigenvalue weighted by atomic mass is 32.2. The van der Waals surface area contributed by atoms with Crippen LogP contribution in [0.2, 0.25) is 0 Å². The van der Waals surface area contributed by atoms with Crippen LogP contribution in [0.1, 0.15) is 10.4 Å². The lowest BCUT2D eigenvalue weighted by molar-refractivity contribution is -0.103. The van der Waals surface area contributed by atoms with Gasteiger partial charge >= 0.3 is 5.97 Å². The van der Waals surface area contributed by atoms with Crippen molar-refractivity contribution in [1.82, 2.24) is 0 Å². The number of thiophene rings is 1. The summed E-state index contributed by atoms with van der Waals surface area (Å²) in [6.07, 6.45) is -0.231. The molecule has 0 spiro atoms. The minimum atomic E-state index is -3.75. The van der Waals surface area contributed by atoms with Gasteiger partial charge in [-0.25, -0.2) is 18.4 Å². The SMILES string of the molecule is NS(=O)(=O)c1cc(C(=O)OC2COC2)cs1. The molecule has 1 fully saturated rings. The Hall–Kier alpha value is -0.960. The van der Waals surface area contributed by atoms with Crippen LogP contribution in [-0.4, -0.2) is 33.7 Å². The topological polar surface area (TPSA) is 95.7 Å². The van der Waals surface area contributed by atoms with Gasteiger partial charge in [0.05, 0.1) is 18.8 Å². The fraction of sp³-hybridized carbons (Fsp3) is 0.375. The van der Waals surface area contributed by atoms with E-state index in [1.807, 2.05) is 0 Å². The average molecular weight is 263 g/mol. The Labute approximate surface area is 96.0 Å². The molecule has 2 heterocycles. The van der Waals surface area contributed by atoms with E-state index in [1.54, 1.807) is 0 Å². The first-order valence-corrected chi connectivity index (χ1v) is 6.79. The monoisotopic (exact) mass is 263 g/mol. The molecule has 0 atom stereocenters. The van der Waals surface area contributed by atoms with Crippen LogP contribution in [0.25, 0.3) is 0 Å². The summed E-state index contributed by atoms with van der Waals surface area (Å²) < 4.78 is 31.7. The van der Waals surface area contributed by atoms with Gasteiger partial charge < -0.3 is 9.47 Å². The van der Waals surface area contributed by atoms with Gasteiger partial charge in [0.15, 0.2) is 0 Å². The van der Waals surface area contributed by atoms with Crippen LogP contribution in [0.5, 0.6) is 0 Å². The molecule has 2 N–H and O–H groups in total. The van der Waals surface area contributed by atoms with E-state index < -0.39 is 16.0 Å². The maximum atomic E-state index is 11.5. The lowest BCUT2D eigenvalue weighted by Crippen LogP contribution is -2.37. The standard InChI is InChI=1S/C8H9NO5S2/c9-16(11,12)7-1-5(4-15-7)8(10)14-6-2-13-3-6/h1,4,6H,2-3H2,(H2,9,11,12). The molecular formula is C8H9NO5S2. The molecule has 1 aromatic heterocycles. The molecule has 0 aliphatic carbocycles. The summed E-state index contributed by atoms with van der Waals surface area (Å²) in [5.41, 5.74) is 0.195. The van der Waals surface area contributed by atoms with E-state index in [-0.39, 0.29) is 15.9 Å². The van der Waals surface area contributed by atoms with E-state index in [4.69, 9.17) is 14.6 Å². The number of esters is 1. The third-order valence-electron chi connectivity index (χ3n) is 1.97. The second-order valence-corrected chi connectivity index (χ2v) is 5.96. The summed E-state index contributed by atoms with van der Waals surface area (Å²) in [4.78, 5) is 11.5. The molecule has 1 aromatic rings. The number of carbonyl (C=O) groups is 1. The van der Waals surface area contributed by atoms with Crippen molar-refractivity contribution in [1.29, 1.82) is 0 Å². The number of nitrogens with two attached hydrogens (primary N) is 1. The van der Waals surface area contributed by atoms with Crippen molar-refractivity contribution in [3.05, 3.63) is 17.0 Å². The predicted molar refractivity (Wildman–Crippen MR) is 55.7 cm³/mol. The zero-order chi connectivity index (χ0) is 11.8. The average Bonchev–Trinajstić information content (AvgIpc) is 2.58. The number of rotatable bonds is 3. The van der Waals surface area contributed by atoms with E-state index in [9.17, 15) is 13.2 Å². The molecule has 0 unspecified atom stereocenters. The van der Waals surface area contributed by atoms with Crippen LogP contribution in [0.3, 0.4) is 0 Å². The van der Waals surface area contributed by atoms with Crippen LogP contribution >= 0.6 is 11.3 Å². The Balaban J connectivity index is 2.09. The summed E-state index contributed by atoms with van der Waals surface area (Å²) in [7, 11) is -3.75. The van der Waals surface area contributed by atoms with Crippen molar-refractivity contribution in [3.8, 4) is 0 Å². The third-order valence-corrected chi connectivity index (χ3v) is 4.36. The predicted octanol–water partition coefficient (Wildman–Crippen LogP) is -0.0489. The van der Waals surface area contributed by atoms with E-state index >= 15 is 0 Å². The first kappa shape index (κ1) is 11.5. The zero-order valence-corrected chi connectivity index (χ0v) is 9.71. The molecule has 0 amide bonds. The number of carbonyl (C=O) groups excluding carboxylic acids is 1. The van der Waals surface area contributed by atoms with Crippen LogP contribution < -0.4 is 5.14 Å². The Morgan fingerprint density at radius 3 is 2.69 bits per heavy atom. The summed E-state index contributed by atoms with van der Waals surface area (Å²) in [6, 6.07) is 1.21. The molecule has 0 saturated carbocycles. The second kappa shape index (κ2) is 4.13. The minimum absolute atomic E-state index is 0.0516. The number of ether oxygens (including phenoxy) is 2. The molecule has 8 heteroatoms. The van der Waals surface area contributed by atoms with E-state index in [0.29, 0.717) is 13.2 Å². The van der Waals surface area contributed by atoms with Crippen molar-refractivity contribution in [2.45, 2.75) is 10.3 Å². The fourth-order valence-electron chi connectivity index (χ4n) is 1.07. The Kier molecular flexibility index (Phi) is 2.98. The summed E-state index contributed by atoms with van der Waals surface area (Å²) in [5, 5.41) is 6.32. The lowest BCUT2D eigenvalue weighted by Gasteiger charge is -2.25. The van der Waals surface area contributed by atoms with Gasteiger partial charge in [0.25, 0.3) is 0 Å². The van der Waals surface area contributed by atoms with Crippen LogP contribution in [-0.2, 0) is 19.5 Å². The highest BCUT2D eigenvalue weighted by Crippen LogP contribution is 2.20. The molecule has 2 rings (SSSR count). The van der Waals surface area contributed by atoms with Crippen molar-refractivity contribution in [3.63, 3.8) is 0 Å². The maximum Gasteiger partial charge on any atom is 0.339 e. The molecular weight excluding hydrogens is 254 g/mol. The van der Waals surface area contributed by atoms with E-state index in [1.165, 1.54) is 11.4 Å². The smallest absolute Gasteiger partial charge is 0.339 e. The Bertz CT molecular complexity index is 502. The van der Waals surface area contributed by atoms with Crippen LogP contribution in [0, 0.1) is 0 Å². The van der Waals surface area contributed by atoms with Crippen LogP contribution in [0.4, 0.5) is 0 Å². The Morgan fingerprint density at radius 2 is 2.25 bits per heavy atom. The van der Waals surface area contributed by atoms with Gasteiger partial charge in [0.1, 0.15) is 10.3 Å². The number of primary sulfonamides is 1. The first-order chi connectivity index (χ1) is 7.47. The summed E-state index contributed by atoms with van der Waals surface area (Å²) >= 11 is 0.892. The summed E-state index contributed by atoms with van der Waals surface area (Å²) in [5.74, 6) is -0.556. The minimum Gasteiger partial charge on any atom is -0.454 e. The second-order valence-electron chi connectivity index (χ2n) is 3.26. The van der Waals surface area contributed by atoms with Crippen LogP contribution in [0.15, 0.2) is 15.7 Å². The molecule has 1 saturated heterocycles. The van der Waals surface area contributed by atoms with Crippen molar-refractivity contribution in [2.24, 2.45) is 5.14 Å². The van der Waals surface area contributed by atoms with Gasteiger partial charge in [-0.15, -0.1) is 11.3 Å². The van der Waals surface area contributed by atoms with Gasteiger partial charge in [-0.3, -0.25) is 0 Å². The molecule has 88 valence electrons. The molecule has 1 aliphatic rings. The fourth-order valence-corrected chi connectivity index (χ4v) is 2.65. The third kappa shape index (κ3) is 2.40. The quantitative estimate of drug-likeness (QED) is 0.771. The molecule has 0 radical (unpaired) electrons. The van der Waals surface area contributed by atoms with Crippen molar-refractivity contribution in [2.75, 3.05) is 13.2 Å². The van der Waals surface area contributed by atoms with Crippen molar-refractivity contribution >= 4 is 27.3 Å². The normalized spacial score (nSPS) is 16.8. The molecule has 0 bridgehead atoms. The van der Waals surface area contributed by atoms with E-state index in [2.05, 4.69) is 0 Å². The van der Waals surface area contributed by atoms with Gasteiger partial charge in [0.2, 0.25) is 10.0 Å². The maximum absolute atomic E-state index is 11.5. The molecule has 1 aliphatic heterocycles. The van der Waals surface area contributed by atoms with Gasteiger partial charge in [0, 0.05) is 5.38 Å². The highest BCUT2D eigenvalue weighted by Gasteiger charge is 2.24. The largest absolute Gasteiger partial charge is 0.454 e. The molecule has 0 aromatic carbocycles. The Morgan fingerprint density at radius 1 is 1.56 bits per heavy atom. The number of hydrogen-bond donors (Lipinski definition) is 1. The van der Waals surface area contributed by atoms with Gasteiger partial charge in [-0.05, 0) is 6.07 Å². The van der Waals surface area contributed by atoms with Gasteiger partial charge in [-0.2, -0.15) is 0 Å².